The maximum Gasteiger partial charge on any atom is 0.337 e. The molecule has 114 valence electrons. The van der Waals surface area contributed by atoms with Crippen LogP contribution in [0, 0.1) is 5.92 Å². The van der Waals surface area contributed by atoms with Crippen molar-refractivity contribution in [1.82, 2.24) is 4.90 Å². The quantitative estimate of drug-likeness (QED) is 0.792. The molecule has 0 bridgehead atoms. The van der Waals surface area contributed by atoms with Crippen LogP contribution in [0.25, 0.3) is 0 Å². The first-order valence-corrected chi connectivity index (χ1v) is 7.11. The minimum Gasteiger partial charge on any atom is -0.478 e. The van der Waals surface area contributed by atoms with Crippen LogP contribution in [0.15, 0.2) is 24.3 Å². The highest BCUT2D eigenvalue weighted by atomic mass is 16.4. The summed E-state index contributed by atoms with van der Waals surface area (Å²) < 4.78 is 0. The van der Waals surface area contributed by atoms with Crippen molar-refractivity contribution >= 4 is 17.7 Å². The van der Waals surface area contributed by atoms with Gasteiger partial charge in [-0.05, 0) is 37.3 Å². The molecule has 3 N–H and O–H groups in total. The number of nitrogens with one attached hydrogen (secondary N) is 1. The summed E-state index contributed by atoms with van der Waals surface area (Å²) in [5, 5.41) is 20.8. The monoisotopic (exact) mass is 292 g/mol. The Labute approximate surface area is 123 Å². The van der Waals surface area contributed by atoms with Gasteiger partial charge in [-0.15, -0.1) is 0 Å². The third-order valence-corrected chi connectivity index (χ3v) is 3.74. The smallest absolute Gasteiger partial charge is 0.337 e. The number of anilines is 1. The van der Waals surface area contributed by atoms with Gasteiger partial charge in [0, 0.05) is 19.7 Å². The number of aliphatic hydroxyl groups is 1. The van der Waals surface area contributed by atoms with Crippen molar-refractivity contribution in [1.29, 1.82) is 0 Å². The van der Waals surface area contributed by atoms with Crippen LogP contribution in [-0.2, 0) is 0 Å². The van der Waals surface area contributed by atoms with E-state index < -0.39 is 5.97 Å². The molecule has 1 fully saturated rings. The van der Waals surface area contributed by atoms with Gasteiger partial charge in [-0.3, -0.25) is 0 Å². The summed E-state index contributed by atoms with van der Waals surface area (Å²) in [6, 6.07) is 6.06. The van der Waals surface area contributed by atoms with Crippen molar-refractivity contribution in [2.75, 3.05) is 25.0 Å². The van der Waals surface area contributed by atoms with E-state index in [9.17, 15) is 9.59 Å². The molecule has 2 rings (SSSR count). The van der Waals surface area contributed by atoms with Crippen LogP contribution in [0.3, 0.4) is 0 Å². The Bertz CT molecular complexity index is 516. The Morgan fingerprint density at radius 2 is 2.10 bits per heavy atom. The van der Waals surface area contributed by atoms with Crippen molar-refractivity contribution in [3.63, 3.8) is 0 Å². The number of hydrogen-bond donors (Lipinski definition) is 3. The number of para-hydroxylation sites is 1. The average Bonchev–Trinajstić information content (AvgIpc) is 2.48. The topological polar surface area (TPSA) is 89.9 Å². The van der Waals surface area contributed by atoms with Crippen LogP contribution in [0.2, 0.25) is 0 Å². The highest BCUT2D eigenvalue weighted by molar-refractivity contribution is 5.99. The van der Waals surface area contributed by atoms with Crippen LogP contribution in [0.5, 0.6) is 0 Å². The van der Waals surface area contributed by atoms with Crippen LogP contribution >= 0.6 is 0 Å². The van der Waals surface area contributed by atoms with Crippen LogP contribution in [0.1, 0.15) is 29.6 Å². The van der Waals surface area contributed by atoms with Crippen molar-refractivity contribution in [3.05, 3.63) is 29.8 Å². The number of carbonyl (C=O) groups excluding carboxylic acids is 1. The third-order valence-electron chi connectivity index (χ3n) is 3.74. The van der Waals surface area contributed by atoms with Gasteiger partial charge in [0.05, 0.1) is 11.3 Å². The van der Waals surface area contributed by atoms with Crippen molar-refractivity contribution in [2.45, 2.75) is 19.3 Å². The van der Waals surface area contributed by atoms with E-state index in [0.29, 0.717) is 31.1 Å². The molecule has 1 heterocycles. The number of amides is 2. The summed E-state index contributed by atoms with van der Waals surface area (Å²) in [5.41, 5.74) is 0.383. The highest BCUT2D eigenvalue weighted by Gasteiger charge is 2.24. The molecule has 2 amide bonds. The first kappa shape index (κ1) is 15.3. The number of hydrogen-bond acceptors (Lipinski definition) is 3. The summed E-state index contributed by atoms with van der Waals surface area (Å²) in [7, 11) is 0. The SMILES string of the molecule is O=C(O)c1ccccc1NC(=O)N1CCCC(CCO)C1. The number of likely N-dealkylation sites (tertiary alicyclic amines) is 1. The first-order valence-electron chi connectivity index (χ1n) is 7.11. The zero-order valence-electron chi connectivity index (χ0n) is 11.8. The largest absolute Gasteiger partial charge is 0.478 e. The lowest BCUT2D eigenvalue weighted by atomic mass is 9.95. The summed E-state index contributed by atoms with van der Waals surface area (Å²) in [4.78, 5) is 25.1. The highest BCUT2D eigenvalue weighted by Crippen LogP contribution is 2.21. The molecular weight excluding hydrogens is 272 g/mol. The van der Waals surface area contributed by atoms with E-state index in [-0.39, 0.29) is 18.2 Å². The van der Waals surface area contributed by atoms with Crippen molar-refractivity contribution in [3.8, 4) is 0 Å². The van der Waals surface area contributed by atoms with Crippen LogP contribution in [0.4, 0.5) is 10.5 Å². The summed E-state index contributed by atoms with van der Waals surface area (Å²) in [6.07, 6.45) is 2.60. The fourth-order valence-corrected chi connectivity index (χ4v) is 2.64. The lowest BCUT2D eigenvalue weighted by molar-refractivity contribution is 0.0698. The van der Waals surface area contributed by atoms with E-state index in [0.717, 1.165) is 12.8 Å². The minimum atomic E-state index is -1.07. The maximum absolute atomic E-state index is 12.3. The molecule has 0 aliphatic carbocycles. The summed E-state index contributed by atoms with van der Waals surface area (Å²) >= 11 is 0. The molecule has 1 aliphatic heterocycles. The summed E-state index contributed by atoms with van der Waals surface area (Å²) in [6.45, 7) is 1.38. The van der Waals surface area contributed by atoms with Crippen LogP contribution in [-0.4, -0.2) is 46.8 Å². The number of nitrogens with zero attached hydrogens (tertiary/aromatic N) is 1. The predicted molar refractivity (Wildman–Crippen MR) is 78.4 cm³/mol. The Hall–Kier alpha value is -2.08. The van der Waals surface area contributed by atoms with Gasteiger partial charge in [0.15, 0.2) is 0 Å². The minimum absolute atomic E-state index is 0.0785. The molecule has 0 radical (unpaired) electrons. The Kier molecular flexibility index (Phi) is 5.16. The van der Waals surface area contributed by atoms with Gasteiger partial charge >= 0.3 is 12.0 Å². The van der Waals surface area contributed by atoms with E-state index in [4.69, 9.17) is 10.2 Å². The Morgan fingerprint density at radius 3 is 2.81 bits per heavy atom. The predicted octanol–water partition coefficient (Wildman–Crippen LogP) is 2.01. The molecule has 6 nitrogen and oxygen atoms in total. The van der Waals surface area contributed by atoms with Gasteiger partial charge < -0.3 is 20.4 Å². The number of benzene rings is 1. The fourth-order valence-electron chi connectivity index (χ4n) is 2.64. The Balaban J connectivity index is 2.03. The lowest BCUT2D eigenvalue weighted by Gasteiger charge is -2.32. The van der Waals surface area contributed by atoms with E-state index in [1.165, 1.54) is 6.07 Å². The molecule has 1 aromatic rings. The molecule has 1 saturated heterocycles. The number of aromatic carboxylic acids is 1. The number of carbonyl (C=O) groups is 2. The lowest BCUT2D eigenvalue weighted by Crippen LogP contribution is -2.42. The zero-order valence-corrected chi connectivity index (χ0v) is 11.8. The molecule has 21 heavy (non-hydrogen) atoms. The maximum atomic E-state index is 12.3. The number of carboxylic acid groups (broad SMARTS) is 1. The number of aliphatic hydroxyl groups excluding tert-OH is 1. The van der Waals surface area contributed by atoms with E-state index in [1.807, 2.05) is 0 Å². The molecular formula is C15H20N2O4. The van der Waals surface area contributed by atoms with Gasteiger partial charge in [0.25, 0.3) is 0 Å². The van der Waals surface area contributed by atoms with Gasteiger partial charge in [-0.25, -0.2) is 9.59 Å². The van der Waals surface area contributed by atoms with Gasteiger partial charge in [0.2, 0.25) is 0 Å². The molecule has 1 unspecified atom stereocenters. The molecule has 6 heteroatoms. The molecule has 0 spiro atoms. The number of urea groups is 1. The molecule has 1 aromatic carbocycles. The normalized spacial score (nSPS) is 18.3. The molecule has 0 saturated carbocycles. The van der Waals surface area contributed by atoms with Crippen molar-refractivity contribution < 1.29 is 19.8 Å². The fraction of sp³-hybridized carbons (Fsp3) is 0.467. The number of carboxylic acids is 1. The molecule has 0 aromatic heterocycles. The first-order chi connectivity index (χ1) is 10.1. The second kappa shape index (κ2) is 7.08. The standard InChI is InChI=1S/C15H20N2O4/c18-9-7-11-4-3-8-17(10-11)15(21)16-13-6-2-1-5-12(13)14(19)20/h1-2,5-6,11,18H,3-4,7-10H2,(H,16,21)(H,19,20). The van der Waals surface area contributed by atoms with Gasteiger partial charge in [-0.2, -0.15) is 0 Å². The molecule has 1 aliphatic rings. The summed E-state index contributed by atoms with van der Waals surface area (Å²) in [5.74, 6) is -0.757. The number of piperidine rings is 1. The second-order valence-corrected chi connectivity index (χ2v) is 5.25. The van der Waals surface area contributed by atoms with E-state index >= 15 is 0 Å². The number of rotatable bonds is 4. The van der Waals surface area contributed by atoms with E-state index in [1.54, 1.807) is 23.1 Å². The van der Waals surface area contributed by atoms with Crippen molar-refractivity contribution in [2.24, 2.45) is 5.92 Å². The zero-order chi connectivity index (χ0) is 15.2. The third kappa shape index (κ3) is 3.95. The van der Waals surface area contributed by atoms with Gasteiger partial charge in [-0.1, -0.05) is 12.1 Å². The van der Waals surface area contributed by atoms with Crippen LogP contribution < -0.4 is 5.32 Å². The Morgan fingerprint density at radius 1 is 1.33 bits per heavy atom. The van der Waals surface area contributed by atoms with Gasteiger partial charge in [0.1, 0.15) is 0 Å². The second-order valence-electron chi connectivity index (χ2n) is 5.25. The van der Waals surface area contributed by atoms with E-state index in [2.05, 4.69) is 5.32 Å². The molecule has 1 atom stereocenters. The average molecular weight is 292 g/mol.